The summed E-state index contributed by atoms with van der Waals surface area (Å²) in [7, 11) is -4.56. The van der Waals surface area contributed by atoms with E-state index in [1.54, 1.807) is 0 Å². The van der Waals surface area contributed by atoms with E-state index in [2.05, 4.69) is 64.9 Å². The number of hydrogen-bond acceptors (Lipinski definition) is 7. The molecule has 10 N–H and O–H groups in total. The van der Waals surface area contributed by atoms with Crippen molar-refractivity contribution in [2.45, 2.75) is 106 Å². The molecular weight excluding hydrogens is 539 g/mol. The van der Waals surface area contributed by atoms with Gasteiger partial charge in [0.1, 0.15) is 12.1 Å². The van der Waals surface area contributed by atoms with Crippen molar-refractivity contribution in [3.63, 3.8) is 0 Å². The smallest absolute Gasteiger partial charge is 0.469 e. The fraction of sp³-hybridized carbons (Fsp3) is 0.926. The number of aliphatic hydroxyl groups excluding tert-OH is 1. The summed E-state index contributed by atoms with van der Waals surface area (Å²) < 4.78 is 20.7. The van der Waals surface area contributed by atoms with E-state index in [4.69, 9.17) is 36.8 Å². The van der Waals surface area contributed by atoms with Crippen molar-refractivity contribution in [1.29, 1.82) is 0 Å². The number of aliphatic hydroxyl groups is 1. The molecule has 0 rings (SSSR count). The van der Waals surface area contributed by atoms with Gasteiger partial charge in [0.15, 0.2) is 5.96 Å². The molecule has 12 nitrogen and oxygen atoms in total. The van der Waals surface area contributed by atoms with Crippen LogP contribution in [-0.4, -0.2) is 70.4 Å². The maximum Gasteiger partial charge on any atom is 0.469 e. The summed E-state index contributed by atoms with van der Waals surface area (Å²) in [5.41, 5.74) is 15.9. The molecule has 0 saturated carbocycles. The number of ether oxygens (including phenoxy) is 1. The number of carbonyl (C=O) groups is 1. The van der Waals surface area contributed by atoms with Gasteiger partial charge in [0.2, 0.25) is 0 Å². The van der Waals surface area contributed by atoms with Gasteiger partial charge >= 0.3 is 13.8 Å². The van der Waals surface area contributed by atoms with Crippen LogP contribution >= 0.6 is 7.82 Å². The highest BCUT2D eigenvalue weighted by molar-refractivity contribution is 7.46. The molecule has 240 valence electrons. The first-order chi connectivity index (χ1) is 18.0. The average molecular weight is 599 g/mol. The van der Waals surface area contributed by atoms with E-state index in [0.29, 0.717) is 49.2 Å². The topological polar surface area (TPSA) is 224 Å². The molecule has 0 aliphatic carbocycles. The minimum absolute atomic E-state index is 0.0102. The number of phosphoric ester groups is 1. The van der Waals surface area contributed by atoms with Crippen LogP contribution in [0.15, 0.2) is 4.99 Å². The molecule has 0 aromatic rings. The fourth-order valence-electron chi connectivity index (χ4n) is 4.54. The molecule has 0 bridgehead atoms. The van der Waals surface area contributed by atoms with Gasteiger partial charge in [-0.15, -0.1) is 0 Å². The summed E-state index contributed by atoms with van der Waals surface area (Å²) in [6.07, 6.45) is 4.40. The van der Waals surface area contributed by atoms with E-state index in [1.807, 2.05) is 0 Å². The summed E-state index contributed by atoms with van der Waals surface area (Å²) in [6.45, 7) is 18.6. The molecule has 0 spiro atoms. The molecule has 0 fully saturated rings. The van der Waals surface area contributed by atoms with Crippen molar-refractivity contribution in [3.8, 4) is 0 Å². The lowest BCUT2D eigenvalue weighted by molar-refractivity contribution is -0.138. The number of nitrogens with zero attached hydrogens (tertiary/aromatic N) is 1. The largest absolute Gasteiger partial charge is 0.480 e. The van der Waals surface area contributed by atoms with Crippen molar-refractivity contribution in [1.82, 2.24) is 0 Å². The SMILES string of the molecule is CC(CCC(COCC(O)COP(=O)(O)O)C(C)CC(C)(C)C)CC(C)(C)C.NC(N)=NCCC[C@H](N)C(=O)O. The lowest BCUT2D eigenvalue weighted by Gasteiger charge is -2.31. The van der Waals surface area contributed by atoms with Gasteiger partial charge in [-0.3, -0.25) is 14.3 Å². The van der Waals surface area contributed by atoms with Crippen LogP contribution in [0.2, 0.25) is 0 Å². The van der Waals surface area contributed by atoms with Gasteiger partial charge < -0.3 is 41.9 Å². The van der Waals surface area contributed by atoms with Gasteiger partial charge in [0.05, 0.1) is 13.2 Å². The van der Waals surface area contributed by atoms with Crippen LogP contribution in [0.5, 0.6) is 0 Å². The van der Waals surface area contributed by atoms with Gasteiger partial charge in [-0.25, -0.2) is 4.57 Å². The Bertz CT molecular complexity index is 761. The Labute approximate surface area is 241 Å². The molecule has 0 aromatic carbocycles. The summed E-state index contributed by atoms with van der Waals surface area (Å²) in [4.78, 5) is 31.3. The Hall–Kier alpha value is -1.27. The number of nitrogens with two attached hydrogens (primary N) is 3. The molecule has 5 atom stereocenters. The van der Waals surface area contributed by atoms with Crippen LogP contribution < -0.4 is 17.2 Å². The molecule has 0 aromatic heterocycles. The summed E-state index contributed by atoms with van der Waals surface area (Å²) in [5.74, 6) is 0.534. The summed E-state index contributed by atoms with van der Waals surface area (Å²) in [5, 5.41) is 18.2. The second-order valence-electron chi connectivity index (χ2n) is 13.3. The number of guanidine groups is 1. The maximum atomic E-state index is 10.7. The van der Waals surface area contributed by atoms with Gasteiger partial charge in [0.25, 0.3) is 0 Å². The molecule has 0 radical (unpaired) electrons. The van der Waals surface area contributed by atoms with E-state index >= 15 is 0 Å². The molecular formula is C27H59N4O8P. The molecule has 0 aliphatic heterocycles. The Morgan fingerprint density at radius 1 is 0.925 bits per heavy atom. The van der Waals surface area contributed by atoms with Crippen molar-refractivity contribution in [2.24, 2.45) is 50.8 Å². The van der Waals surface area contributed by atoms with Crippen LogP contribution in [0.1, 0.15) is 93.9 Å². The predicted molar refractivity (Wildman–Crippen MR) is 160 cm³/mol. The van der Waals surface area contributed by atoms with Crippen molar-refractivity contribution >= 4 is 19.8 Å². The Kier molecular flexibility index (Phi) is 20.2. The number of aliphatic carboxylic acids is 1. The highest BCUT2D eigenvalue weighted by atomic mass is 31.2. The van der Waals surface area contributed by atoms with E-state index in [1.165, 1.54) is 6.42 Å². The van der Waals surface area contributed by atoms with Crippen LogP contribution in [-0.2, 0) is 18.6 Å². The molecule has 40 heavy (non-hydrogen) atoms. The zero-order chi connectivity index (χ0) is 31.7. The maximum absolute atomic E-state index is 10.7. The first-order valence-electron chi connectivity index (χ1n) is 14.0. The second kappa shape index (κ2) is 19.8. The zero-order valence-electron chi connectivity index (χ0n) is 26.0. The lowest BCUT2D eigenvalue weighted by Crippen LogP contribution is -2.30. The van der Waals surface area contributed by atoms with E-state index in [9.17, 15) is 14.5 Å². The predicted octanol–water partition coefficient (Wildman–Crippen LogP) is 3.47. The average Bonchev–Trinajstić information content (AvgIpc) is 2.74. The van der Waals surface area contributed by atoms with Gasteiger partial charge in [-0.05, 0) is 60.7 Å². The fourth-order valence-corrected chi connectivity index (χ4v) is 4.91. The number of aliphatic imine (C=N–C) groups is 1. The third kappa shape index (κ3) is 28.3. The van der Waals surface area contributed by atoms with Crippen LogP contribution in [0.25, 0.3) is 0 Å². The van der Waals surface area contributed by atoms with Crippen molar-refractivity contribution < 1.29 is 38.6 Å². The second-order valence-corrected chi connectivity index (χ2v) is 14.6. The minimum atomic E-state index is -4.56. The normalized spacial score (nSPS) is 16.2. The first kappa shape index (κ1) is 40.9. The van der Waals surface area contributed by atoms with E-state index in [-0.39, 0.29) is 18.0 Å². The zero-order valence-corrected chi connectivity index (χ0v) is 26.9. The number of carboxylic acids is 1. The molecule has 0 heterocycles. The number of phosphoric acid groups is 1. The Morgan fingerprint density at radius 3 is 1.93 bits per heavy atom. The van der Waals surface area contributed by atoms with Crippen molar-refractivity contribution in [3.05, 3.63) is 0 Å². The quantitative estimate of drug-likeness (QED) is 0.0523. The highest BCUT2D eigenvalue weighted by Gasteiger charge is 2.25. The number of hydrogen-bond donors (Lipinski definition) is 7. The molecule has 13 heteroatoms. The molecule has 0 amide bonds. The lowest BCUT2D eigenvalue weighted by atomic mass is 9.76. The van der Waals surface area contributed by atoms with E-state index in [0.717, 1.165) is 19.3 Å². The van der Waals surface area contributed by atoms with Crippen LogP contribution in [0, 0.1) is 28.6 Å². The third-order valence-electron chi connectivity index (χ3n) is 6.09. The van der Waals surface area contributed by atoms with Crippen molar-refractivity contribution in [2.75, 3.05) is 26.4 Å². The summed E-state index contributed by atoms with van der Waals surface area (Å²) >= 11 is 0. The van der Waals surface area contributed by atoms with Gasteiger partial charge in [-0.1, -0.05) is 61.8 Å². The molecule has 0 saturated heterocycles. The van der Waals surface area contributed by atoms with Crippen LogP contribution in [0.3, 0.4) is 0 Å². The Morgan fingerprint density at radius 2 is 1.48 bits per heavy atom. The van der Waals surface area contributed by atoms with Crippen LogP contribution in [0.4, 0.5) is 0 Å². The number of rotatable bonds is 18. The van der Waals surface area contributed by atoms with Gasteiger partial charge in [0, 0.05) is 13.2 Å². The molecule has 0 aliphatic rings. The first-order valence-corrected chi connectivity index (χ1v) is 15.5. The standard InChI is InChI=1S/C21H45O6P.C6H14N4O2/c1-16(11-20(3,4)5)9-10-18(17(2)12-21(6,7)8)13-26-14-19(22)15-27-28(23,24)25;7-4(5(11)12)2-1-3-10-6(8)9/h16-19,22H,9-15H2,1-8H3,(H2,23,24,25);4H,1-3,7H2,(H,11,12)(H4,8,9,10)/t;4-/m.0/s1. The Balaban J connectivity index is 0. The molecule has 4 unspecified atom stereocenters. The third-order valence-corrected chi connectivity index (χ3v) is 6.58. The minimum Gasteiger partial charge on any atom is -0.480 e. The monoisotopic (exact) mass is 598 g/mol. The van der Waals surface area contributed by atoms with Gasteiger partial charge in [-0.2, -0.15) is 0 Å². The highest BCUT2D eigenvalue weighted by Crippen LogP contribution is 2.36. The summed E-state index contributed by atoms with van der Waals surface area (Å²) in [6, 6.07) is -0.820. The van der Waals surface area contributed by atoms with E-state index < -0.39 is 32.5 Å². The number of carboxylic acid groups (broad SMARTS) is 1.